The van der Waals surface area contributed by atoms with Gasteiger partial charge < -0.3 is 10.2 Å². The fourth-order valence-corrected chi connectivity index (χ4v) is 4.86. The second kappa shape index (κ2) is 7.57. The number of nitrogens with zero attached hydrogens (tertiary/aromatic N) is 4. The number of anilines is 2. The maximum absolute atomic E-state index is 13.5. The predicted molar refractivity (Wildman–Crippen MR) is 122 cm³/mol. The number of nitrogens with one attached hydrogen (secondary N) is 1. The Morgan fingerprint density at radius 1 is 1.13 bits per heavy atom. The van der Waals surface area contributed by atoms with Gasteiger partial charge in [0.25, 0.3) is 5.91 Å². The van der Waals surface area contributed by atoms with Crippen LogP contribution in [0.5, 0.6) is 0 Å². The summed E-state index contributed by atoms with van der Waals surface area (Å²) in [5.41, 5.74) is 4.83. The van der Waals surface area contributed by atoms with E-state index in [1.807, 2.05) is 55.7 Å². The summed E-state index contributed by atoms with van der Waals surface area (Å²) in [5.74, 6) is -0.136. The lowest BCUT2D eigenvalue weighted by atomic mass is 10.1. The second-order valence-corrected chi connectivity index (χ2v) is 8.55. The molecule has 6 nitrogen and oxygen atoms in total. The highest BCUT2D eigenvalue weighted by molar-refractivity contribution is 7.13. The van der Waals surface area contributed by atoms with Gasteiger partial charge in [0.2, 0.25) is 0 Å². The Bertz CT molecular complexity index is 1220. The lowest BCUT2D eigenvalue weighted by Gasteiger charge is -2.21. The van der Waals surface area contributed by atoms with Crippen LogP contribution in [0.25, 0.3) is 21.6 Å². The number of carbonyl (C=O) groups is 1. The number of thiophene rings is 1. The Labute approximate surface area is 179 Å². The van der Waals surface area contributed by atoms with Crippen molar-refractivity contribution in [1.82, 2.24) is 14.8 Å². The Morgan fingerprint density at radius 3 is 2.70 bits per heavy atom. The number of hydrogen-bond acceptors (Lipinski definition) is 5. The molecule has 5 rings (SSSR count). The largest absolute Gasteiger partial charge is 0.370 e. The summed E-state index contributed by atoms with van der Waals surface area (Å²) in [4.78, 5) is 21.6. The average molecular weight is 418 g/mol. The first-order chi connectivity index (χ1) is 14.6. The number of carbonyl (C=O) groups excluding carboxylic acids is 1. The first-order valence-corrected chi connectivity index (χ1v) is 11.0. The first kappa shape index (κ1) is 18.8. The molecule has 0 radical (unpaired) electrons. The van der Waals surface area contributed by atoms with Crippen LogP contribution < -0.4 is 10.2 Å². The highest BCUT2D eigenvalue weighted by Crippen LogP contribution is 2.32. The van der Waals surface area contributed by atoms with Crippen LogP contribution in [0.4, 0.5) is 11.4 Å². The molecule has 0 unspecified atom stereocenters. The van der Waals surface area contributed by atoms with E-state index < -0.39 is 0 Å². The molecular formula is C23H23N5OS. The molecule has 7 heteroatoms. The fraction of sp³-hybridized carbons (Fsp3) is 0.261. The third-order valence-corrected chi connectivity index (χ3v) is 6.48. The number of rotatable bonds is 4. The van der Waals surface area contributed by atoms with E-state index in [1.165, 1.54) is 12.8 Å². The zero-order valence-corrected chi connectivity index (χ0v) is 17.9. The first-order valence-electron chi connectivity index (χ1n) is 10.2. The third-order valence-electron chi connectivity index (χ3n) is 5.59. The van der Waals surface area contributed by atoms with Crippen molar-refractivity contribution in [3.8, 4) is 10.6 Å². The molecule has 4 aromatic rings. The fourth-order valence-electron chi connectivity index (χ4n) is 4.18. The standard InChI is InChI=1S/C23H23N5OS/c1-15-21-16(14-18(20-10-7-13-30-20)24-22(21)27(2)26-15)23(29)25-17-8-3-4-9-19(17)28-11-5-6-12-28/h3-4,7-10,13-14H,5-6,11-12H2,1-2H3,(H,25,29). The van der Waals surface area contributed by atoms with Crippen LogP contribution in [0.1, 0.15) is 28.9 Å². The minimum atomic E-state index is -0.136. The molecule has 1 amide bonds. The second-order valence-electron chi connectivity index (χ2n) is 7.61. The third kappa shape index (κ3) is 3.25. The number of amides is 1. The summed E-state index contributed by atoms with van der Waals surface area (Å²) in [6.07, 6.45) is 2.37. The van der Waals surface area contributed by atoms with Gasteiger partial charge in [-0.2, -0.15) is 5.10 Å². The monoisotopic (exact) mass is 417 g/mol. The van der Waals surface area contributed by atoms with E-state index in [-0.39, 0.29) is 5.91 Å². The molecule has 0 atom stereocenters. The van der Waals surface area contributed by atoms with E-state index in [1.54, 1.807) is 16.0 Å². The highest BCUT2D eigenvalue weighted by Gasteiger charge is 2.22. The van der Waals surface area contributed by atoms with Crippen LogP contribution in [-0.4, -0.2) is 33.8 Å². The van der Waals surface area contributed by atoms with E-state index in [0.717, 1.165) is 51.8 Å². The number of fused-ring (bicyclic) bond motifs is 1. The zero-order valence-electron chi connectivity index (χ0n) is 17.1. The summed E-state index contributed by atoms with van der Waals surface area (Å²) in [6, 6.07) is 13.9. The van der Waals surface area contributed by atoms with Gasteiger partial charge in [0.1, 0.15) is 0 Å². The molecule has 152 valence electrons. The number of aryl methyl sites for hydroxylation is 2. The molecule has 0 spiro atoms. The molecule has 1 N–H and O–H groups in total. The lowest BCUT2D eigenvalue weighted by Crippen LogP contribution is -2.21. The Hall–Kier alpha value is -3.19. The number of pyridine rings is 1. The van der Waals surface area contributed by atoms with Crippen LogP contribution in [0.2, 0.25) is 0 Å². The van der Waals surface area contributed by atoms with Crippen LogP contribution >= 0.6 is 11.3 Å². The average Bonchev–Trinajstić information content (AvgIpc) is 3.50. The van der Waals surface area contributed by atoms with Crippen molar-refractivity contribution < 1.29 is 4.79 Å². The van der Waals surface area contributed by atoms with Crippen LogP contribution in [-0.2, 0) is 7.05 Å². The lowest BCUT2D eigenvalue weighted by molar-refractivity contribution is 0.102. The van der Waals surface area contributed by atoms with Gasteiger partial charge in [0.05, 0.1) is 38.6 Å². The molecule has 0 bridgehead atoms. The van der Waals surface area contributed by atoms with Gasteiger partial charge in [-0.05, 0) is 49.4 Å². The molecular weight excluding hydrogens is 394 g/mol. The van der Waals surface area contributed by atoms with E-state index >= 15 is 0 Å². The van der Waals surface area contributed by atoms with Gasteiger partial charge in [-0.3, -0.25) is 9.48 Å². The van der Waals surface area contributed by atoms with Gasteiger partial charge in [-0.1, -0.05) is 18.2 Å². The van der Waals surface area contributed by atoms with Crippen LogP contribution in [0.3, 0.4) is 0 Å². The Morgan fingerprint density at radius 2 is 1.93 bits per heavy atom. The summed E-state index contributed by atoms with van der Waals surface area (Å²) in [5, 5.41) is 10.5. The summed E-state index contributed by atoms with van der Waals surface area (Å²) in [7, 11) is 1.87. The van der Waals surface area contributed by atoms with E-state index in [9.17, 15) is 4.79 Å². The molecule has 1 aliphatic heterocycles. The van der Waals surface area contributed by atoms with Crippen LogP contribution in [0.15, 0.2) is 47.8 Å². The molecule has 0 aliphatic carbocycles. The van der Waals surface area contributed by atoms with Crippen LogP contribution in [0, 0.1) is 6.92 Å². The minimum Gasteiger partial charge on any atom is -0.370 e. The van der Waals surface area contributed by atoms with E-state index in [4.69, 9.17) is 4.98 Å². The molecule has 1 aromatic carbocycles. The minimum absolute atomic E-state index is 0.136. The topological polar surface area (TPSA) is 63.1 Å². The Kier molecular flexibility index (Phi) is 4.75. The maximum Gasteiger partial charge on any atom is 0.256 e. The van der Waals surface area contributed by atoms with Gasteiger partial charge in [-0.15, -0.1) is 11.3 Å². The zero-order chi connectivity index (χ0) is 20.7. The molecule has 30 heavy (non-hydrogen) atoms. The normalized spacial score (nSPS) is 13.9. The van der Waals surface area contributed by atoms with Gasteiger partial charge in [0.15, 0.2) is 5.65 Å². The van der Waals surface area contributed by atoms with Crippen molar-refractivity contribution in [2.75, 3.05) is 23.3 Å². The van der Waals surface area contributed by atoms with Crippen molar-refractivity contribution in [2.45, 2.75) is 19.8 Å². The molecule has 3 aromatic heterocycles. The van der Waals surface area contributed by atoms with E-state index in [0.29, 0.717) is 5.56 Å². The Balaban J connectivity index is 1.59. The molecule has 1 fully saturated rings. The summed E-state index contributed by atoms with van der Waals surface area (Å²) < 4.78 is 1.75. The predicted octanol–water partition coefficient (Wildman–Crippen LogP) is 4.86. The number of aromatic nitrogens is 3. The smallest absolute Gasteiger partial charge is 0.256 e. The van der Waals surface area contributed by atoms with Crippen molar-refractivity contribution in [2.24, 2.45) is 7.05 Å². The van der Waals surface area contributed by atoms with Gasteiger partial charge in [-0.25, -0.2) is 4.98 Å². The van der Waals surface area contributed by atoms with Crippen molar-refractivity contribution in [3.63, 3.8) is 0 Å². The molecule has 0 saturated carbocycles. The van der Waals surface area contributed by atoms with Crippen molar-refractivity contribution in [1.29, 1.82) is 0 Å². The molecule has 4 heterocycles. The maximum atomic E-state index is 13.5. The number of benzene rings is 1. The molecule has 1 saturated heterocycles. The van der Waals surface area contributed by atoms with Crippen molar-refractivity contribution in [3.05, 3.63) is 59.1 Å². The molecule has 1 aliphatic rings. The van der Waals surface area contributed by atoms with Gasteiger partial charge in [0, 0.05) is 20.1 Å². The number of para-hydroxylation sites is 2. The quantitative estimate of drug-likeness (QED) is 0.515. The van der Waals surface area contributed by atoms with Gasteiger partial charge >= 0.3 is 0 Å². The van der Waals surface area contributed by atoms with Crippen molar-refractivity contribution >= 4 is 39.7 Å². The summed E-state index contributed by atoms with van der Waals surface area (Å²) >= 11 is 1.61. The van der Waals surface area contributed by atoms with E-state index in [2.05, 4.69) is 21.4 Å². The highest BCUT2D eigenvalue weighted by atomic mass is 32.1. The number of hydrogen-bond donors (Lipinski definition) is 1. The SMILES string of the molecule is Cc1nn(C)c2nc(-c3cccs3)cc(C(=O)Nc3ccccc3N3CCCC3)c12. The summed E-state index contributed by atoms with van der Waals surface area (Å²) in [6.45, 7) is 3.97.